The van der Waals surface area contributed by atoms with Crippen molar-refractivity contribution in [1.29, 1.82) is 0 Å². The van der Waals surface area contributed by atoms with E-state index in [9.17, 15) is 22.0 Å². The summed E-state index contributed by atoms with van der Waals surface area (Å²) in [4.78, 5) is 12.1. The molecule has 7 heteroatoms. The summed E-state index contributed by atoms with van der Waals surface area (Å²) in [5.41, 5.74) is -0.272. The lowest BCUT2D eigenvalue weighted by Gasteiger charge is -2.30. The van der Waals surface area contributed by atoms with Crippen LogP contribution in [-0.2, 0) is 10.0 Å². The van der Waals surface area contributed by atoms with Crippen LogP contribution in [0.5, 0.6) is 0 Å². The highest BCUT2D eigenvalue weighted by Crippen LogP contribution is 2.24. The normalized spacial score (nSPS) is 20.4. The fourth-order valence-corrected chi connectivity index (χ4v) is 3.53. The van der Waals surface area contributed by atoms with Crippen molar-refractivity contribution >= 4 is 15.8 Å². The Labute approximate surface area is 122 Å². The van der Waals surface area contributed by atoms with Gasteiger partial charge < -0.3 is 0 Å². The first-order chi connectivity index (χ1) is 9.79. The van der Waals surface area contributed by atoms with Gasteiger partial charge in [-0.05, 0) is 30.9 Å². The van der Waals surface area contributed by atoms with Gasteiger partial charge in [0.15, 0.2) is 17.4 Å². The molecule has 116 valence electrons. The fraction of sp³-hybridized carbons (Fsp3) is 0.500. The van der Waals surface area contributed by atoms with Crippen molar-refractivity contribution in [2.24, 2.45) is 5.92 Å². The van der Waals surface area contributed by atoms with E-state index in [1.807, 2.05) is 0 Å². The topological polar surface area (TPSA) is 54.5 Å². The molecule has 4 nitrogen and oxygen atoms in total. The summed E-state index contributed by atoms with van der Waals surface area (Å²) < 4.78 is 51.1. The molecular formula is C14H17F2NO3S. The zero-order valence-corrected chi connectivity index (χ0v) is 12.5. The predicted molar refractivity (Wildman–Crippen MR) is 74.4 cm³/mol. The van der Waals surface area contributed by atoms with Crippen molar-refractivity contribution in [1.82, 2.24) is 4.31 Å². The monoisotopic (exact) mass is 317 g/mol. The van der Waals surface area contributed by atoms with Crippen LogP contribution in [-0.4, -0.2) is 37.9 Å². The minimum Gasteiger partial charge on any atom is -0.294 e. The maximum Gasteiger partial charge on any atom is 0.211 e. The van der Waals surface area contributed by atoms with Crippen molar-refractivity contribution in [2.45, 2.75) is 19.3 Å². The molecule has 0 saturated carbocycles. The van der Waals surface area contributed by atoms with Crippen molar-refractivity contribution in [3.05, 3.63) is 35.4 Å². The summed E-state index contributed by atoms with van der Waals surface area (Å²) >= 11 is 0. The molecule has 1 atom stereocenters. The average Bonchev–Trinajstić information content (AvgIpc) is 2.41. The molecule has 1 aliphatic rings. The quantitative estimate of drug-likeness (QED) is 0.800. The molecule has 0 N–H and O–H groups in total. The third-order valence-electron chi connectivity index (χ3n) is 3.68. The lowest BCUT2D eigenvalue weighted by Crippen LogP contribution is -2.39. The van der Waals surface area contributed by atoms with E-state index in [2.05, 4.69) is 0 Å². The van der Waals surface area contributed by atoms with Gasteiger partial charge in [0, 0.05) is 19.5 Å². The molecule has 0 aromatic heterocycles. The molecule has 1 heterocycles. The van der Waals surface area contributed by atoms with Crippen LogP contribution in [0.1, 0.15) is 29.6 Å². The van der Waals surface area contributed by atoms with Crippen molar-refractivity contribution < 1.29 is 22.0 Å². The van der Waals surface area contributed by atoms with Crippen LogP contribution in [0, 0.1) is 17.6 Å². The summed E-state index contributed by atoms with van der Waals surface area (Å²) in [5.74, 6) is -2.85. The van der Waals surface area contributed by atoms with Crippen molar-refractivity contribution in [3.63, 3.8) is 0 Å². The van der Waals surface area contributed by atoms with Crippen LogP contribution in [0.2, 0.25) is 0 Å². The van der Waals surface area contributed by atoms with Gasteiger partial charge in [0.1, 0.15) is 0 Å². The number of sulfonamides is 1. The van der Waals surface area contributed by atoms with E-state index in [4.69, 9.17) is 0 Å². The third kappa shape index (κ3) is 3.85. The number of piperidine rings is 1. The Hall–Kier alpha value is -1.34. The number of nitrogens with zero attached hydrogens (tertiary/aromatic N) is 1. The predicted octanol–water partition coefficient (Wildman–Crippen LogP) is 2.21. The van der Waals surface area contributed by atoms with Gasteiger partial charge in [-0.25, -0.2) is 21.5 Å². The Morgan fingerprint density at radius 2 is 2.10 bits per heavy atom. The number of carbonyl (C=O) groups is 1. The Balaban J connectivity index is 2.08. The molecule has 21 heavy (non-hydrogen) atoms. The lowest BCUT2D eigenvalue weighted by molar-refractivity contribution is 0.0937. The highest BCUT2D eigenvalue weighted by atomic mass is 32.2. The third-order valence-corrected chi connectivity index (χ3v) is 4.95. The van der Waals surface area contributed by atoms with Crippen LogP contribution >= 0.6 is 0 Å². The summed E-state index contributed by atoms with van der Waals surface area (Å²) in [5, 5.41) is 0. The molecule has 1 fully saturated rings. The molecule has 1 saturated heterocycles. The minimum atomic E-state index is -3.29. The number of halogens is 2. The molecule has 0 spiro atoms. The van der Waals surface area contributed by atoms with Gasteiger partial charge in [0.2, 0.25) is 10.0 Å². The number of Topliss-reactive ketones (excluding diaryl/α,β-unsaturated/α-hetero) is 1. The Morgan fingerprint density at radius 3 is 2.76 bits per heavy atom. The van der Waals surface area contributed by atoms with Gasteiger partial charge in [0.25, 0.3) is 0 Å². The largest absolute Gasteiger partial charge is 0.294 e. The molecule has 1 aliphatic heterocycles. The standard InChI is InChI=1S/C14H17F2NO3S/c1-21(19,20)17-7-3-4-10(9-17)8-13(18)11-5-2-6-12(15)14(11)16/h2,5-6,10H,3-4,7-9H2,1H3. The van der Waals surface area contributed by atoms with E-state index in [1.165, 1.54) is 16.4 Å². The van der Waals surface area contributed by atoms with Crippen molar-refractivity contribution in [3.8, 4) is 0 Å². The maximum atomic E-state index is 13.6. The first-order valence-electron chi connectivity index (χ1n) is 6.71. The number of benzene rings is 1. The van der Waals surface area contributed by atoms with Gasteiger partial charge >= 0.3 is 0 Å². The number of carbonyl (C=O) groups excluding carboxylic acids is 1. The van der Waals surface area contributed by atoms with Crippen LogP contribution in [0.15, 0.2) is 18.2 Å². The second-order valence-corrected chi connectivity index (χ2v) is 7.34. The SMILES string of the molecule is CS(=O)(=O)N1CCCC(CC(=O)c2cccc(F)c2F)C1. The fourth-order valence-electron chi connectivity index (χ4n) is 2.59. The molecule has 0 amide bonds. The summed E-state index contributed by atoms with van der Waals surface area (Å²) in [6.07, 6.45) is 2.52. The van der Waals surface area contributed by atoms with Gasteiger partial charge in [-0.1, -0.05) is 6.07 Å². The number of ketones is 1. The summed E-state index contributed by atoms with van der Waals surface area (Å²) in [7, 11) is -3.29. The van der Waals surface area contributed by atoms with Gasteiger partial charge in [0.05, 0.1) is 11.8 Å². The molecule has 0 radical (unpaired) electrons. The Bertz CT molecular complexity index is 646. The molecule has 0 aliphatic carbocycles. The zero-order chi connectivity index (χ0) is 15.6. The van der Waals surface area contributed by atoms with Crippen LogP contribution in [0.4, 0.5) is 8.78 Å². The van der Waals surface area contributed by atoms with Gasteiger partial charge in [-0.15, -0.1) is 0 Å². The number of hydrogen-bond donors (Lipinski definition) is 0. The van der Waals surface area contributed by atoms with E-state index in [0.29, 0.717) is 19.4 Å². The average molecular weight is 317 g/mol. The van der Waals surface area contributed by atoms with E-state index in [1.54, 1.807) is 0 Å². The lowest BCUT2D eigenvalue weighted by atomic mass is 9.92. The van der Waals surface area contributed by atoms with E-state index >= 15 is 0 Å². The Morgan fingerprint density at radius 1 is 1.38 bits per heavy atom. The highest BCUT2D eigenvalue weighted by molar-refractivity contribution is 7.88. The second kappa shape index (κ2) is 6.19. The van der Waals surface area contributed by atoms with Crippen LogP contribution in [0.3, 0.4) is 0 Å². The van der Waals surface area contributed by atoms with E-state index in [-0.39, 0.29) is 24.4 Å². The molecule has 1 unspecified atom stereocenters. The molecule has 0 bridgehead atoms. The zero-order valence-electron chi connectivity index (χ0n) is 11.7. The van der Waals surface area contributed by atoms with Gasteiger partial charge in [-0.3, -0.25) is 4.79 Å². The first kappa shape index (κ1) is 16.0. The minimum absolute atomic E-state index is 0.0202. The van der Waals surface area contributed by atoms with E-state index < -0.39 is 27.4 Å². The molecular weight excluding hydrogens is 300 g/mol. The highest BCUT2D eigenvalue weighted by Gasteiger charge is 2.28. The maximum absolute atomic E-state index is 13.6. The molecule has 2 rings (SSSR count). The smallest absolute Gasteiger partial charge is 0.211 e. The summed E-state index contributed by atoms with van der Waals surface area (Å²) in [6, 6.07) is 3.49. The van der Waals surface area contributed by atoms with E-state index in [0.717, 1.165) is 12.3 Å². The summed E-state index contributed by atoms with van der Waals surface area (Å²) in [6.45, 7) is 0.694. The molecule has 1 aromatic rings. The Kier molecular flexibility index (Phi) is 4.73. The van der Waals surface area contributed by atoms with Gasteiger partial charge in [-0.2, -0.15) is 0 Å². The number of rotatable bonds is 4. The van der Waals surface area contributed by atoms with Crippen LogP contribution < -0.4 is 0 Å². The molecule has 1 aromatic carbocycles. The first-order valence-corrected chi connectivity index (χ1v) is 8.56. The second-order valence-electron chi connectivity index (χ2n) is 5.36. The van der Waals surface area contributed by atoms with Crippen molar-refractivity contribution in [2.75, 3.05) is 19.3 Å². The van der Waals surface area contributed by atoms with Crippen LogP contribution in [0.25, 0.3) is 0 Å². The number of hydrogen-bond acceptors (Lipinski definition) is 3.